The molecule has 0 aliphatic heterocycles. The number of methoxy groups -OCH3 is 1. The average molecular weight is 305 g/mol. The van der Waals surface area contributed by atoms with Crippen molar-refractivity contribution >= 4 is 27.3 Å². The van der Waals surface area contributed by atoms with Crippen LogP contribution in [0.2, 0.25) is 0 Å². The summed E-state index contributed by atoms with van der Waals surface area (Å²) in [5.41, 5.74) is 0. The molecule has 2 rings (SSSR count). The van der Waals surface area contributed by atoms with Gasteiger partial charge in [-0.15, -0.1) is 11.3 Å². The summed E-state index contributed by atoms with van der Waals surface area (Å²) in [6.07, 6.45) is 4.52. The van der Waals surface area contributed by atoms with Crippen LogP contribution in [0.5, 0.6) is 0 Å². The van der Waals surface area contributed by atoms with Crippen molar-refractivity contribution in [2.45, 2.75) is 31.8 Å². The topological polar surface area (TPSA) is 34.1 Å². The lowest BCUT2D eigenvalue weighted by atomic mass is 10.1. The summed E-state index contributed by atoms with van der Waals surface area (Å²) >= 11 is 5.13. The van der Waals surface area contributed by atoms with E-state index in [0.717, 1.165) is 21.3 Å². The van der Waals surface area contributed by atoms with Gasteiger partial charge in [0.1, 0.15) is 5.01 Å². The van der Waals surface area contributed by atoms with Crippen molar-refractivity contribution in [3.63, 3.8) is 0 Å². The Morgan fingerprint density at radius 3 is 2.94 bits per heavy atom. The molecule has 1 aliphatic carbocycles. The minimum atomic E-state index is 0.303. The maximum atomic E-state index is 5.26. The molecule has 0 bridgehead atoms. The lowest BCUT2D eigenvalue weighted by molar-refractivity contribution is 0.152. The van der Waals surface area contributed by atoms with Crippen LogP contribution in [-0.4, -0.2) is 24.7 Å². The Morgan fingerprint density at radius 1 is 1.69 bits per heavy atom. The van der Waals surface area contributed by atoms with E-state index < -0.39 is 0 Å². The Kier molecular flexibility index (Phi) is 4.35. The van der Waals surface area contributed by atoms with Crippen LogP contribution < -0.4 is 5.32 Å². The van der Waals surface area contributed by atoms with Crippen LogP contribution in [0, 0.1) is 5.92 Å². The van der Waals surface area contributed by atoms with Gasteiger partial charge in [-0.05, 0) is 41.6 Å². The van der Waals surface area contributed by atoms with Crippen molar-refractivity contribution in [2.75, 3.05) is 13.7 Å². The molecule has 1 saturated carbocycles. The summed E-state index contributed by atoms with van der Waals surface area (Å²) in [6, 6.07) is 0.778. The first kappa shape index (κ1) is 12.5. The molecule has 0 spiro atoms. The van der Waals surface area contributed by atoms with Crippen LogP contribution in [0.3, 0.4) is 0 Å². The molecule has 3 nitrogen and oxygen atoms in total. The van der Waals surface area contributed by atoms with Gasteiger partial charge in [0.25, 0.3) is 0 Å². The van der Waals surface area contributed by atoms with Gasteiger partial charge in [-0.25, -0.2) is 4.98 Å². The van der Waals surface area contributed by atoms with Gasteiger partial charge in [-0.3, -0.25) is 0 Å². The number of rotatable bonds is 6. The molecule has 1 heterocycles. The highest BCUT2D eigenvalue weighted by atomic mass is 79.9. The minimum Gasteiger partial charge on any atom is -0.383 e. The van der Waals surface area contributed by atoms with Gasteiger partial charge in [0, 0.05) is 13.2 Å². The highest BCUT2D eigenvalue weighted by molar-refractivity contribution is 9.11. The van der Waals surface area contributed by atoms with Gasteiger partial charge >= 0.3 is 0 Å². The van der Waals surface area contributed by atoms with Gasteiger partial charge in [-0.2, -0.15) is 0 Å². The fourth-order valence-corrected chi connectivity index (χ4v) is 3.11. The molecule has 0 radical (unpaired) electrons. The third kappa shape index (κ3) is 3.26. The average Bonchev–Trinajstić information content (AvgIpc) is 3.00. The second-order valence-electron chi connectivity index (χ2n) is 4.29. The molecular formula is C11H17BrN2OS. The van der Waals surface area contributed by atoms with Crippen LogP contribution in [0.4, 0.5) is 0 Å². The predicted molar refractivity (Wildman–Crippen MR) is 69.8 cm³/mol. The molecule has 0 aromatic carbocycles. The smallest absolute Gasteiger partial charge is 0.110 e. The summed E-state index contributed by atoms with van der Waals surface area (Å²) in [5, 5.41) is 4.74. The number of hydrogen-bond acceptors (Lipinski definition) is 4. The number of thiazole rings is 1. The highest BCUT2D eigenvalue weighted by Crippen LogP contribution is 2.34. The molecule has 1 N–H and O–H groups in total. The van der Waals surface area contributed by atoms with Gasteiger partial charge in [0.15, 0.2) is 0 Å². The van der Waals surface area contributed by atoms with Crippen LogP contribution >= 0.6 is 27.3 Å². The number of nitrogens with zero attached hydrogens (tertiary/aromatic N) is 1. The van der Waals surface area contributed by atoms with Gasteiger partial charge < -0.3 is 10.1 Å². The Balaban J connectivity index is 1.91. The number of hydrogen-bond donors (Lipinski definition) is 1. The Hall–Kier alpha value is 0.0300. The van der Waals surface area contributed by atoms with Crippen LogP contribution in [0.1, 0.15) is 30.8 Å². The molecule has 1 aromatic rings. The molecule has 0 amide bonds. The Labute approximate surface area is 109 Å². The maximum absolute atomic E-state index is 5.26. The van der Waals surface area contributed by atoms with E-state index >= 15 is 0 Å². The largest absolute Gasteiger partial charge is 0.383 e. The third-order valence-corrected chi connectivity index (χ3v) is 4.53. The van der Waals surface area contributed by atoms with E-state index in [1.165, 1.54) is 12.8 Å². The van der Waals surface area contributed by atoms with Crippen LogP contribution in [0.15, 0.2) is 9.98 Å². The summed E-state index contributed by atoms with van der Waals surface area (Å²) in [4.78, 5) is 4.38. The first-order valence-corrected chi connectivity index (χ1v) is 7.18. The standard InChI is InChI=1S/C11H17BrN2OS/c1-7(11-13-5-10(12)16-11)14-9(6-15-2)8-3-4-8/h5,7-9,14H,3-4,6H2,1-2H3. The van der Waals surface area contributed by atoms with Crippen LogP contribution in [-0.2, 0) is 4.74 Å². The van der Waals surface area contributed by atoms with Crippen molar-refractivity contribution in [3.05, 3.63) is 15.0 Å². The first-order valence-electron chi connectivity index (χ1n) is 5.57. The zero-order chi connectivity index (χ0) is 11.5. The molecule has 5 heteroatoms. The summed E-state index contributed by atoms with van der Waals surface area (Å²) in [5.74, 6) is 0.797. The van der Waals surface area contributed by atoms with E-state index in [1.807, 2.05) is 6.20 Å². The van der Waals surface area contributed by atoms with E-state index in [2.05, 4.69) is 33.2 Å². The van der Waals surface area contributed by atoms with E-state index in [1.54, 1.807) is 18.4 Å². The predicted octanol–water partition coefficient (Wildman–Crippen LogP) is 2.98. The van der Waals surface area contributed by atoms with Crippen LogP contribution in [0.25, 0.3) is 0 Å². The van der Waals surface area contributed by atoms with Crippen molar-refractivity contribution in [1.82, 2.24) is 10.3 Å². The molecule has 1 fully saturated rings. The van der Waals surface area contributed by atoms with E-state index in [-0.39, 0.29) is 0 Å². The van der Waals surface area contributed by atoms with Gasteiger partial charge in [0.2, 0.25) is 0 Å². The molecule has 2 atom stereocenters. The van der Waals surface area contributed by atoms with Gasteiger partial charge in [-0.1, -0.05) is 0 Å². The van der Waals surface area contributed by atoms with E-state index in [4.69, 9.17) is 4.74 Å². The zero-order valence-electron chi connectivity index (χ0n) is 9.57. The van der Waals surface area contributed by atoms with Crippen molar-refractivity contribution in [2.24, 2.45) is 5.92 Å². The normalized spacial score (nSPS) is 19.7. The quantitative estimate of drug-likeness (QED) is 0.877. The first-order chi connectivity index (χ1) is 7.70. The number of aromatic nitrogens is 1. The summed E-state index contributed by atoms with van der Waals surface area (Å²) < 4.78 is 6.35. The van der Waals surface area contributed by atoms with E-state index in [9.17, 15) is 0 Å². The van der Waals surface area contributed by atoms with Gasteiger partial charge in [0.05, 0.1) is 22.6 Å². The minimum absolute atomic E-state index is 0.303. The van der Waals surface area contributed by atoms with Crippen molar-refractivity contribution in [3.8, 4) is 0 Å². The summed E-state index contributed by atoms with van der Waals surface area (Å²) in [7, 11) is 1.77. The number of nitrogens with one attached hydrogen (secondary N) is 1. The van der Waals surface area contributed by atoms with Crippen molar-refractivity contribution < 1.29 is 4.74 Å². The number of halogens is 1. The molecule has 16 heavy (non-hydrogen) atoms. The van der Waals surface area contributed by atoms with Crippen molar-refractivity contribution in [1.29, 1.82) is 0 Å². The zero-order valence-corrected chi connectivity index (χ0v) is 12.0. The lowest BCUT2D eigenvalue weighted by Gasteiger charge is -2.21. The maximum Gasteiger partial charge on any atom is 0.110 e. The molecule has 0 saturated heterocycles. The lowest BCUT2D eigenvalue weighted by Crippen LogP contribution is -2.36. The SMILES string of the molecule is COCC(NC(C)c1ncc(Br)s1)C1CC1. The Morgan fingerprint density at radius 2 is 2.44 bits per heavy atom. The highest BCUT2D eigenvalue weighted by Gasteiger charge is 2.32. The second kappa shape index (κ2) is 5.58. The Bertz CT molecular complexity index is 340. The molecule has 1 aliphatic rings. The third-order valence-electron chi connectivity index (χ3n) is 2.87. The molecule has 90 valence electrons. The molecular weight excluding hydrogens is 288 g/mol. The second-order valence-corrected chi connectivity index (χ2v) is 6.73. The number of ether oxygens (including phenoxy) is 1. The molecule has 2 unspecified atom stereocenters. The summed E-state index contributed by atoms with van der Waals surface area (Å²) in [6.45, 7) is 2.96. The molecule has 1 aromatic heterocycles. The fourth-order valence-electron chi connectivity index (χ4n) is 1.86. The fraction of sp³-hybridized carbons (Fsp3) is 0.727. The van der Waals surface area contributed by atoms with E-state index in [0.29, 0.717) is 12.1 Å². The monoisotopic (exact) mass is 304 g/mol.